The average Bonchev–Trinajstić information content (AvgIpc) is 3.58. The zero-order valence-corrected chi connectivity index (χ0v) is 28.2. The van der Waals surface area contributed by atoms with Crippen LogP contribution in [-0.2, 0) is 0 Å². The summed E-state index contributed by atoms with van der Waals surface area (Å²) in [7, 11) is 0. The standard InChI is InChI=1S/C47H35N3O/c1-32-29-37(38-23-27-41-40-19-11-12-20-44(40)51-45(41)30-38)24-28-42(32)50(39-25-21-34(22-26-39)33-13-5-2-6-14-33)43-31-48-47(36-17-9-4-10-18-36)49-46(43)35-15-7-3-8-16-35/h2-32,42H,1H3. The normalized spacial score (nSPS) is 15.6. The first-order valence-corrected chi connectivity index (χ1v) is 17.4. The van der Waals surface area contributed by atoms with Gasteiger partial charge in [-0.05, 0) is 58.5 Å². The first kappa shape index (κ1) is 30.5. The molecule has 1 aliphatic carbocycles. The van der Waals surface area contributed by atoms with Crippen LogP contribution < -0.4 is 4.90 Å². The van der Waals surface area contributed by atoms with E-state index in [-0.39, 0.29) is 12.0 Å². The zero-order valence-electron chi connectivity index (χ0n) is 28.2. The molecule has 0 spiro atoms. The Kier molecular flexibility index (Phi) is 7.82. The van der Waals surface area contributed by atoms with Crippen LogP contribution in [0.2, 0.25) is 0 Å². The van der Waals surface area contributed by atoms with Gasteiger partial charge in [0.2, 0.25) is 0 Å². The third kappa shape index (κ3) is 5.81. The molecule has 0 saturated heterocycles. The second-order valence-electron chi connectivity index (χ2n) is 13.1. The van der Waals surface area contributed by atoms with Crippen molar-refractivity contribution in [1.29, 1.82) is 0 Å². The van der Waals surface area contributed by atoms with E-state index in [4.69, 9.17) is 14.4 Å². The van der Waals surface area contributed by atoms with Crippen molar-refractivity contribution < 1.29 is 4.42 Å². The van der Waals surface area contributed by atoms with Gasteiger partial charge < -0.3 is 9.32 Å². The van der Waals surface area contributed by atoms with Gasteiger partial charge in [0.1, 0.15) is 11.2 Å². The van der Waals surface area contributed by atoms with E-state index in [1.54, 1.807) is 0 Å². The largest absolute Gasteiger partial charge is 0.456 e. The number of aromatic nitrogens is 2. The Bertz CT molecular complexity index is 2540. The van der Waals surface area contributed by atoms with Gasteiger partial charge in [-0.2, -0.15) is 0 Å². The average molecular weight is 658 g/mol. The molecule has 8 aromatic rings. The number of allylic oxidation sites excluding steroid dienone is 2. The molecule has 244 valence electrons. The molecule has 6 aromatic carbocycles. The maximum Gasteiger partial charge on any atom is 0.159 e. The number of rotatable bonds is 7. The van der Waals surface area contributed by atoms with Crippen molar-refractivity contribution in [3.63, 3.8) is 0 Å². The van der Waals surface area contributed by atoms with Crippen LogP contribution in [0.3, 0.4) is 0 Å². The van der Waals surface area contributed by atoms with Crippen LogP contribution in [0.4, 0.5) is 11.4 Å². The van der Waals surface area contributed by atoms with E-state index in [0.717, 1.165) is 55.7 Å². The van der Waals surface area contributed by atoms with Crippen molar-refractivity contribution >= 4 is 38.9 Å². The number of anilines is 2. The Morgan fingerprint density at radius 1 is 0.569 bits per heavy atom. The van der Waals surface area contributed by atoms with Crippen molar-refractivity contribution in [2.45, 2.75) is 13.0 Å². The van der Waals surface area contributed by atoms with E-state index in [1.165, 1.54) is 16.7 Å². The third-order valence-corrected chi connectivity index (χ3v) is 9.83. The minimum Gasteiger partial charge on any atom is -0.456 e. The summed E-state index contributed by atoms with van der Waals surface area (Å²) in [6, 6.07) is 54.8. The summed E-state index contributed by atoms with van der Waals surface area (Å²) in [5, 5.41) is 2.28. The Morgan fingerprint density at radius 2 is 1.18 bits per heavy atom. The first-order chi connectivity index (χ1) is 25.2. The van der Waals surface area contributed by atoms with Crippen LogP contribution in [0.15, 0.2) is 187 Å². The van der Waals surface area contributed by atoms with Crippen LogP contribution in [0.1, 0.15) is 12.5 Å². The van der Waals surface area contributed by atoms with Gasteiger partial charge in [-0.25, -0.2) is 9.97 Å². The minimum atomic E-state index is -0.0000974. The van der Waals surface area contributed by atoms with Gasteiger partial charge >= 0.3 is 0 Å². The molecule has 1 aliphatic rings. The molecular formula is C47H35N3O. The highest BCUT2D eigenvalue weighted by Gasteiger charge is 2.29. The molecule has 51 heavy (non-hydrogen) atoms. The van der Waals surface area contributed by atoms with Crippen LogP contribution in [0.25, 0.3) is 61.3 Å². The molecular weight excluding hydrogens is 623 g/mol. The number of para-hydroxylation sites is 1. The summed E-state index contributed by atoms with van der Waals surface area (Å²) in [5.41, 5.74) is 11.4. The van der Waals surface area contributed by atoms with E-state index in [9.17, 15) is 0 Å². The summed E-state index contributed by atoms with van der Waals surface area (Å²) >= 11 is 0. The SMILES string of the molecule is CC1C=C(c2ccc3c(c2)oc2ccccc23)C=CC1N(c1ccc(-c2ccccc2)cc1)c1cnc(-c2ccccc2)nc1-c1ccccc1. The van der Waals surface area contributed by atoms with Gasteiger partial charge in [-0.1, -0.05) is 153 Å². The molecule has 2 heterocycles. The van der Waals surface area contributed by atoms with Gasteiger partial charge in [-0.3, -0.25) is 0 Å². The van der Waals surface area contributed by atoms with Crippen LogP contribution in [-0.4, -0.2) is 16.0 Å². The van der Waals surface area contributed by atoms with Gasteiger partial charge in [0.15, 0.2) is 5.82 Å². The number of hydrogen-bond donors (Lipinski definition) is 0. The predicted octanol–water partition coefficient (Wildman–Crippen LogP) is 12.2. The molecule has 0 saturated carbocycles. The van der Waals surface area contributed by atoms with Crippen molar-refractivity contribution in [2.24, 2.45) is 5.92 Å². The van der Waals surface area contributed by atoms with E-state index < -0.39 is 0 Å². The van der Waals surface area contributed by atoms with E-state index >= 15 is 0 Å². The van der Waals surface area contributed by atoms with Crippen LogP contribution in [0.5, 0.6) is 0 Å². The van der Waals surface area contributed by atoms with Gasteiger partial charge in [0.25, 0.3) is 0 Å². The fourth-order valence-electron chi connectivity index (χ4n) is 7.24. The lowest BCUT2D eigenvalue weighted by atomic mass is 9.88. The molecule has 2 atom stereocenters. The van der Waals surface area contributed by atoms with Gasteiger partial charge in [0.05, 0.1) is 23.6 Å². The predicted molar refractivity (Wildman–Crippen MR) is 211 cm³/mol. The van der Waals surface area contributed by atoms with Crippen LogP contribution in [0, 0.1) is 5.92 Å². The van der Waals surface area contributed by atoms with Crippen molar-refractivity contribution in [3.8, 4) is 33.8 Å². The van der Waals surface area contributed by atoms with Crippen LogP contribution >= 0.6 is 0 Å². The maximum atomic E-state index is 6.25. The molecule has 0 fully saturated rings. The summed E-state index contributed by atoms with van der Waals surface area (Å²) in [6.07, 6.45) is 8.95. The highest BCUT2D eigenvalue weighted by atomic mass is 16.3. The number of hydrogen-bond acceptors (Lipinski definition) is 4. The fraction of sp³-hybridized carbons (Fsp3) is 0.0638. The molecule has 0 radical (unpaired) electrons. The first-order valence-electron chi connectivity index (χ1n) is 17.4. The summed E-state index contributed by atoms with van der Waals surface area (Å²) in [6.45, 7) is 2.29. The highest BCUT2D eigenvalue weighted by molar-refractivity contribution is 6.05. The van der Waals surface area contributed by atoms with Crippen molar-refractivity contribution in [2.75, 3.05) is 4.90 Å². The molecule has 4 nitrogen and oxygen atoms in total. The Hall–Kier alpha value is -6.52. The lowest BCUT2D eigenvalue weighted by molar-refractivity contribution is 0.611. The topological polar surface area (TPSA) is 42.2 Å². The summed E-state index contributed by atoms with van der Waals surface area (Å²) in [4.78, 5) is 12.6. The molecule has 0 amide bonds. The number of nitrogens with zero attached hydrogens (tertiary/aromatic N) is 3. The van der Waals surface area contributed by atoms with Crippen molar-refractivity contribution in [1.82, 2.24) is 9.97 Å². The monoisotopic (exact) mass is 657 g/mol. The Balaban J connectivity index is 1.15. The maximum absolute atomic E-state index is 6.25. The van der Waals surface area contributed by atoms with Gasteiger partial charge in [-0.15, -0.1) is 0 Å². The molecule has 0 bridgehead atoms. The summed E-state index contributed by atoms with van der Waals surface area (Å²) < 4.78 is 6.25. The number of furan rings is 1. The molecule has 2 unspecified atom stereocenters. The molecule has 2 aromatic heterocycles. The number of fused-ring (bicyclic) bond motifs is 3. The Labute approximate surface area is 297 Å². The molecule has 9 rings (SSSR count). The smallest absolute Gasteiger partial charge is 0.159 e. The second-order valence-corrected chi connectivity index (χ2v) is 13.1. The summed E-state index contributed by atoms with van der Waals surface area (Å²) in [5.74, 6) is 0.857. The van der Waals surface area contributed by atoms with Gasteiger partial charge in [0, 0.05) is 27.6 Å². The quantitative estimate of drug-likeness (QED) is 0.171. The van der Waals surface area contributed by atoms with E-state index in [2.05, 4.69) is 151 Å². The zero-order chi connectivity index (χ0) is 34.1. The lowest BCUT2D eigenvalue weighted by Crippen LogP contribution is -2.36. The molecule has 4 heteroatoms. The van der Waals surface area contributed by atoms with Crippen molar-refractivity contribution in [3.05, 3.63) is 188 Å². The fourth-order valence-corrected chi connectivity index (χ4v) is 7.24. The molecule has 0 N–H and O–H groups in total. The highest BCUT2D eigenvalue weighted by Crippen LogP contribution is 2.41. The second kappa shape index (κ2) is 13.1. The third-order valence-electron chi connectivity index (χ3n) is 9.83. The minimum absolute atomic E-state index is 0.0000974. The van der Waals surface area contributed by atoms with E-state index in [1.807, 2.05) is 42.6 Å². The number of benzene rings is 6. The Morgan fingerprint density at radius 3 is 1.90 bits per heavy atom. The van der Waals surface area contributed by atoms with E-state index in [0.29, 0.717) is 5.82 Å². The lowest BCUT2D eigenvalue weighted by Gasteiger charge is -2.37. The molecule has 0 aliphatic heterocycles.